The van der Waals surface area contributed by atoms with Crippen molar-refractivity contribution in [1.29, 1.82) is 0 Å². The lowest BCUT2D eigenvalue weighted by atomic mass is 10.1. The molecule has 2 N–H and O–H groups in total. The lowest BCUT2D eigenvalue weighted by molar-refractivity contribution is -0.128. The minimum Gasteiger partial charge on any atom is -0.501 e. The lowest BCUT2D eigenvalue weighted by Gasteiger charge is -2.27. The van der Waals surface area contributed by atoms with Crippen LogP contribution in [-0.2, 0) is 16.1 Å². The summed E-state index contributed by atoms with van der Waals surface area (Å²) >= 11 is 0. The van der Waals surface area contributed by atoms with E-state index in [1.165, 1.54) is 34.7 Å². The molecule has 0 saturated carbocycles. The summed E-state index contributed by atoms with van der Waals surface area (Å²) in [5.41, 5.74) is -0.820. The molecule has 0 fully saturated rings. The third-order valence-electron chi connectivity index (χ3n) is 6.09. The third kappa shape index (κ3) is 6.05. The van der Waals surface area contributed by atoms with Crippen molar-refractivity contribution in [3.63, 3.8) is 0 Å². The van der Waals surface area contributed by atoms with E-state index >= 15 is 0 Å². The van der Waals surface area contributed by atoms with Crippen molar-refractivity contribution in [2.75, 3.05) is 26.9 Å². The molecule has 3 rings (SSSR count). The van der Waals surface area contributed by atoms with Gasteiger partial charge in [-0.15, -0.1) is 6.58 Å². The number of rotatable bonds is 10. The highest BCUT2D eigenvalue weighted by molar-refractivity contribution is 5.94. The molecule has 1 aliphatic heterocycles. The van der Waals surface area contributed by atoms with Crippen LogP contribution in [0.1, 0.15) is 53.7 Å². The van der Waals surface area contributed by atoms with E-state index in [0.29, 0.717) is 18.4 Å². The van der Waals surface area contributed by atoms with Gasteiger partial charge in [0.2, 0.25) is 11.7 Å². The quantitative estimate of drug-likeness (QED) is 0.284. The standard InChI is InChI=1S/C26H31FN4O6/c1-5-8-11-37-20-12-17(27)10-9-16(20)13-28-25(34)22-23(33)26(35)31-18(6-2)14-36-15-19(24(31)29-22)30(4)21(32)7-3/h5,7,9-10,12,18-19,33H,1,3,6,8,11,13-15H2,2,4H3,(H,28,34)/t18-,19+/m0/s1. The van der Waals surface area contributed by atoms with E-state index in [-0.39, 0.29) is 37.9 Å². The molecule has 37 heavy (non-hydrogen) atoms. The number of halogens is 1. The molecule has 2 heterocycles. The SMILES string of the molecule is C=CCCOc1cc(F)ccc1CNC(=O)c1nc2n(c(=O)c1O)[C@@H](CC)COC[C@H]2N(C)C(=O)C=C. The normalized spacial score (nSPS) is 16.7. The highest BCUT2D eigenvalue weighted by Crippen LogP contribution is 2.28. The van der Waals surface area contributed by atoms with Crippen LogP contribution in [0.25, 0.3) is 0 Å². The van der Waals surface area contributed by atoms with Crippen LogP contribution in [0.4, 0.5) is 4.39 Å². The Morgan fingerprint density at radius 3 is 2.81 bits per heavy atom. The van der Waals surface area contributed by atoms with Gasteiger partial charge in [0.25, 0.3) is 11.5 Å². The van der Waals surface area contributed by atoms with Crippen LogP contribution in [0.15, 0.2) is 48.3 Å². The summed E-state index contributed by atoms with van der Waals surface area (Å²) in [5.74, 6) is -2.21. The molecule has 2 atom stereocenters. The Labute approximate surface area is 214 Å². The van der Waals surface area contributed by atoms with E-state index in [9.17, 15) is 23.9 Å². The minimum atomic E-state index is -0.825. The van der Waals surface area contributed by atoms with Gasteiger partial charge in [0.1, 0.15) is 23.4 Å². The van der Waals surface area contributed by atoms with Crippen molar-refractivity contribution >= 4 is 11.8 Å². The van der Waals surface area contributed by atoms with Crippen LogP contribution in [0, 0.1) is 5.82 Å². The fourth-order valence-corrected chi connectivity index (χ4v) is 3.96. The molecular formula is C26H31FN4O6. The Kier molecular flexibility index (Phi) is 9.18. The Morgan fingerprint density at radius 1 is 1.38 bits per heavy atom. The average molecular weight is 515 g/mol. The van der Waals surface area contributed by atoms with Crippen molar-refractivity contribution in [3.8, 4) is 11.5 Å². The highest BCUT2D eigenvalue weighted by Gasteiger charge is 2.34. The summed E-state index contributed by atoms with van der Waals surface area (Å²) in [6.45, 7) is 9.34. The number of carbonyl (C=O) groups is 2. The summed E-state index contributed by atoms with van der Waals surface area (Å²) in [7, 11) is 1.51. The molecular weight excluding hydrogens is 483 g/mol. The number of carbonyl (C=O) groups excluding carboxylic acids is 2. The van der Waals surface area contributed by atoms with Gasteiger partial charge in [-0.1, -0.05) is 25.6 Å². The summed E-state index contributed by atoms with van der Waals surface area (Å²) in [5, 5.41) is 13.3. The van der Waals surface area contributed by atoms with Gasteiger partial charge in [-0.3, -0.25) is 19.0 Å². The first-order chi connectivity index (χ1) is 17.7. The van der Waals surface area contributed by atoms with Gasteiger partial charge in [0.05, 0.1) is 25.9 Å². The Morgan fingerprint density at radius 2 is 2.14 bits per heavy atom. The summed E-state index contributed by atoms with van der Waals surface area (Å²) < 4.78 is 26.3. The number of ether oxygens (including phenoxy) is 2. The van der Waals surface area contributed by atoms with Crippen molar-refractivity contribution in [2.24, 2.45) is 0 Å². The van der Waals surface area contributed by atoms with Gasteiger partial charge in [0, 0.05) is 25.2 Å². The molecule has 0 radical (unpaired) electrons. The maximum absolute atomic E-state index is 13.7. The number of benzene rings is 1. The number of likely N-dealkylation sites (N-methyl/N-ethyl adjacent to an activating group) is 1. The zero-order valence-electron chi connectivity index (χ0n) is 20.9. The summed E-state index contributed by atoms with van der Waals surface area (Å²) in [6.07, 6.45) is 3.82. The molecule has 0 spiro atoms. The molecule has 0 unspecified atom stereocenters. The smallest absolute Gasteiger partial charge is 0.296 e. The van der Waals surface area contributed by atoms with E-state index in [2.05, 4.69) is 23.5 Å². The summed E-state index contributed by atoms with van der Waals surface area (Å²) in [4.78, 5) is 44.3. The van der Waals surface area contributed by atoms with Crippen LogP contribution >= 0.6 is 0 Å². The first-order valence-corrected chi connectivity index (χ1v) is 11.9. The Balaban J connectivity index is 1.97. The van der Waals surface area contributed by atoms with Crippen molar-refractivity contribution in [2.45, 2.75) is 38.4 Å². The van der Waals surface area contributed by atoms with Crippen LogP contribution in [0.2, 0.25) is 0 Å². The van der Waals surface area contributed by atoms with Crippen LogP contribution in [0.3, 0.4) is 0 Å². The number of amides is 2. The maximum atomic E-state index is 13.7. The Hall–Kier alpha value is -3.99. The fourth-order valence-electron chi connectivity index (χ4n) is 3.96. The van der Waals surface area contributed by atoms with E-state index in [1.54, 1.807) is 6.08 Å². The number of aromatic nitrogens is 2. The van der Waals surface area contributed by atoms with E-state index in [0.717, 1.165) is 6.08 Å². The van der Waals surface area contributed by atoms with Crippen LogP contribution < -0.4 is 15.6 Å². The molecule has 0 aliphatic carbocycles. The molecule has 0 saturated heterocycles. The van der Waals surface area contributed by atoms with Gasteiger partial charge < -0.3 is 24.8 Å². The fraction of sp³-hybridized carbons (Fsp3) is 0.385. The second-order valence-electron chi connectivity index (χ2n) is 8.47. The number of nitrogens with one attached hydrogen (secondary N) is 1. The van der Waals surface area contributed by atoms with Gasteiger partial charge in [-0.25, -0.2) is 9.37 Å². The van der Waals surface area contributed by atoms with E-state index < -0.39 is 46.7 Å². The molecule has 198 valence electrons. The van der Waals surface area contributed by atoms with E-state index in [4.69, 9.17) is 9.47 Å². The zero-order valence-corrected chi connectivity index (χ0v) is 20.9. The predicted octanol–water partition coefficient (Wildman–Crippen LogP) is 2.64. The lowest BCUT2D eigenvalue weighted by Crippen LogP contribution is -2.38. The third-order valence-corrected chi connectivity index (χ3v) is 6.09. The maximum Gasteiger partial charge on any atom is 0.296 e. The highest BCUT2D eigenvalue weighted by atomic mass is 19.1. The molecule has 2 aromatic rings. The predicted molar refractivity (Wildman–Crippen MR) is 134 cm³/mol. The van der Waals surface area contributed by atoms with Gasteiger partial charge >= 0.3 is 0 Å². The van der Waals surface area contributed by atoms with Crippen molar-refractivity contribution in [3.05, 3.63) is 76.8 Å². The number of hydrogen-bond acceptors (Lipinski definition) is 7. The molecule has 1 aromatic heterocycles. The molecule has 2 amide bonds. The van der Waals surface area contributed by atoms with Crippen molar-refractivity contribution < 1.29 is 28.6 Å². The van der Waals surface area contributed by atoms with Gasteiger partial charge in [-0.2, -0.15) is 0 Å². The number of nitrogens with zero attached hydrogens (tertiary/aromatic N) is 3. The second-order valence-corrected chi connectivity index (χ2v) is 8.47. The van der Waals surface area contributed by atoms with Gasteiger partial charge in [-0.05, 0) is 25.0 Å². The monoisotopic (exact) mass is 514 g/mol. The number of aromatic hydroxyl groups is 1. The molecule has 0 bridgehead atoms. The zero-order chi connectivity index (χ0) is 27.1. The minimum absolute atomic E-state index is 0.0336. The second kappa shape index (κ2) is 12.3. The van der Waals surface area contributed by atoms with E-state index in [1.807, 2.05) is 6.92 Å². The average Bonchev–Trinajstić information content (AvgIpc) is 3.08. The largest absolute Gasteiger partial charge is 0.501 e. The number of fused-ring (bicyclic) bond motifs is 1. The van der Waals surface area contributed by atoms with Crippen molar-refractivity contribution in [1.82, 2.24) is 19.8 Å². The van der Waals surface area contributed by atoms with Crippen LogP contribution in [-0.4, -0.2) is 58.2 Å². The molecule has 1 aromatic carbocycles. The first-order valence-electron chi connectivity index (χ1n) is 11.9. The van der Waals surface area contributed by atoms with Gasteiger partial charge in [0.15, 0.2) is 5.69 Å². The molecule has 11 heteroatoms. The summed E-state index contributed by atoms with van der Waals surface area (Å²) in [6, 6.07) is 2.65. The number of hydrogen-bond donors (Lipinski definition) is 2. The first kappa shape index (κ1) is 27.6. The molecule has 10 nitrogen and oxygen atoms in total. The Bertz CT molecular complexity index is 1240. The topological polar surface area (TPSA) is 123 Å². The van der Waals surface area contributed by atoms with Crippen LogP contribution in [0.5, 0.6) is 11.5 Å². The molecule has 1 aliphatic rings.